The third kappa shape index (κ3) is 3.64. The van der Waals surface area contributed by atoms with E-state index in [0.29, 0.717) is 6.42 Å². The Morgan fingerprint density at radius 2 is 2.00 bits per heavy atom. The van der Waals surface area contributed by atoms with Crippen LogP contribution in [0.3, 0.4) is 0 Å². The Hall–Kier alpha value is -1.73. The van der Waals surface area contributed by atoms with Crippen molar-refractivity contribution in [3.05, 3.63) is 42.0 Å². The van der Waals surface area contributed by atoms with Crippen LogP contribution in [0.25, 0.3) is 10.8 Å². The maximum absolute atomic E-state index is 9.14. The predicted molar refractivity (Wildman–Crippen MR) is 84.3 cm³/mol. The number of nitrogens with two attached hydrogens (primary N) is 1. The van der Waals surface area contributed by atoms with Gasteiger partial charge in [-0.1, -0.05) is 36.3 Å². The Balaban J connectivity index is 0.00000200. The lowest BCUT2D eigenvalue weighted by molar-refractivity contribution is 0.264. The van der Waals surface area contributed by atoms with Gasteiger partial charge in [-0.2, -0.15) is 0 Å². The zero-order chi connectivity index (χ0) is 13.7. The van der Waals surface area contributed by atoms with Crippen molar-refractivity contribution in [2.45, 2.75) is 12.5 Å². The molecule has 3 nitrogen and oxygen atoms in total. The number of aliphatic hydroxyl groups is 1. The number of benzene rings is 2. The fourth-order valence-electron chi connectivity index (χ4n) is 2.11. The van der Waals surface area contributed by atoms with Gasteiger partial charge >= 0.3 is 0 Å². The van der Waals surface area contributed by atoms with Crippen molar-refractivity contribution in [2.75, 3.05) is 13.2 Å². The van der Waals surface area contributed by atoms with Gasteiger partial charge in [-0.05, 0) is 23.3 Å². The molecule has 0 bridgehead atoms. The molecule has 0 fully saturated rings. The van der Waals surface area contributed by atoms with Gasteiger partial charge in [0.1, 0.15) is 12.4 Å². The van der Waals surface area contributed by atoms with Gasteiger partial charge in [0.15, 0.2) is 0 Å². The summed E-state index contributed by atoms with van der Waals surface area (Å²) in [5.74, 6) is 3.19. The number of terminal acetylenes is 1. The van der Waals surface area contributed by atoms with E-state index >= 15 is 0 Å². The maximum atomic E-state index is 9.14. The molecule has 4 heteroatoms. The number of aliphatic hydroxyl groups excluding tert-OH is 1. The van der Waals surface area contributed by atoms with E-state index in [2.05, 4.69) is 5.92 Å². The molecule has 0 saturated carbocycles. The fourth-order valence-corrected chi connectivity index (χ4v) is 2.11. The van der Waals surface area contributed by atoms with Crippen molar-refractivity contribution in [1.82, 2.24) is 0 Å². The van der Waals surface area contributed by atoms with Crippen LogP contribution in [0.4, 0.5) is 0 Å². The number of rotatable bonds is 5. The van der Waals surface area contributed by atoms with Gasteiger partial charge in [0.25, 0.3) is 0 Å². The van der Waals surface area contributed by atoms with E-state index in [1.807, 2.05) is 36.4 Å². The normalized spacial score (nSPS) is 11.4. The minimum atomic E-state index is -0.306. The van der Waals surface area contributed by atoms with E-state index < -0.39 is 0 Å². The minimum Gasteiger partial charge on any atom is -0.481 e. The van der Waals surface area contributed by atoms with Crippen LogP contribution in [0.15, 0.2) is 36.4 Å². The summed E-state index contributed by atoms with van der Waals surface area (Å²) >= 11 is 0. The van der Waals surface area contributed by atoms with Crippen molar-refractivity contribution < 1.29 is 9.84 Å². The highest BCUT2D eigenvalue weighted by atomic mass is 35.5. The molecule has 0 aliphatic heterocycles. The van der Waals surface area contributed by atoms with Crippen LogP contribution >= 0.6 is 12.4 Å². The van der Waals surface area contributed by atoms with Crippen LogP contribution in [0, 0.1) is 12.3 Å². The van der Waals surface area contributed by atoms with E-state index in [1.54, 1.807) is 0 Å². The van der Waals surface area contributed by atoms with E-state index in [-0.39, 0.29) is 31.7 Å². The number of hydrogen-bond acceptors (Lipinski definition) is 3. The maximum Gasteiger partial charge on any atom is 0.148 e. The molecular formula is C16H18ClNO2. The zero-order valence-electron chi connectivity index (χ0n) is 11.1. The molecular weight excluding hydrogens is 274 g/mol. The molecule has 0 aliphatic carbocycles. The first-order chi connectivity index (χ1) is 9.26. The summed E-state index contributed by atoms with van der Waals surface area (Å²) in [5, 5.41) is 11.3. The summed E-state index contributed by atoms with van der Waals surface area (Å²) in [4.78, 5) is 0. The SMILES string of the molecule is C#CCOc1ccc2ccccc2c1CC(N)CO.Cl. The highest BCUT2D eigenvalue weighted by Gasteiger charge is 2.12. The topological polar surface area (TPSA) is 55.5 Å². The summed E-state index contributed by atoms with van der Waals surface area (Å²) in [6, 6.07) is 11.6. The molecule has 2 aromatic rings. The average Bonchev–Trinajstić information content (AvgIpc) is 2.46. The van der Waals surface area contributed by atoms with Crippen LogP contribution in [0.5, 0.6) is 5.75 Å². The molecule has 0 spiro atoms. The summed E-state index contributed by atoms with van der Waals surface area (Å²) in [6.45, 7) is 0.164. The highest BCUT2D eigenvalue weighted by molar-refractivity contribution is 5.87. The standard InChI is InChI=1S/C16H17NO2.ClH/c1-2-9-19-16-8-7-12-5-3-4-6-14(12)15(16)10-13(17)11-18;/h1,3-8,13,18H,9-11,17H2;1H. The van der Waals surface area contributed by atoms with Gasteiger partial charge in [-0.25, -0.2) is 0 Å². The molecule has 0 amide bonds. The summed E-state index contributed by atoms with van der Waals surface area (Å²) in [7, 11) is 0. The lowest BCUT2D eigenvalue weighted by atomic mass is 9.98. The summed E-state index contributed by atoms with van der Waals surface area (Å²) < 4.78 is 5.57. The molecule has 0 radical (unpaired) electrons. The van der Waals surface area contributed by atoms with Crippen LogP contribution < -0.4 is 10.5 Å². The van der Waals surface area contributed by atoms with Gasteiger partial charge in [-0.3, -0.25) is 0 Å². The summed E-state index contributed by atoms with van der Waals surface area (Å²) in [5.41, 5.74) is 6.84. The molecule has 1 atom stereocenters. The number of halogens is 1. The predicted octanol–water partition coefficient (Wildman–Crippen LogP) is 2.14. The molecule has 20 heavy (non-hydrogen) atoms. The second kappa shape index (κ2) is 7.76. The number of ether oxygens (including phenoxy) is 1. The van der Waals surface area contributed by atoms with Gasteiger partial charge in [0.05, 0.1) is 6.61 Å². The first-order valence-corrected chi connectivity index (χ1v) is 6.19. The van der Waals surface area contributed by atoms with Crippen LogP contribution in [-0.2, 0) is 6.42 Å². The molecule has 0 saturated heterocycles. The first kappa shape index (κ1) is 16.3. The fraction of sp³-hybridized carbons (Fsp3) is 0.250. The quantitative estimate of drug-likeness (QED) is 0.830. The lowest BCUT2D eigenvalue weighted by Crippen LogP contribution is -2.27. The molecule has 1 unspecified atom stereocenters. The smallest absolute Gasteiger partial charge is 0.148 e. The number of fused-ring (bicyclic) bond motifs is 1. The molecule has 2 aromatic carbocycles. The van der Waals surface area contributed by atoms with Crippen molar-refractivity contribution in [2.24, 2.45) is 5.73 Å². The number of hydrogen-bond donors (Lipinski definition) is 2. The Morgan fingerprint density at radius 1 is 1.25 bits per heavy atom. The van der Waals surface area contributed by atoms with Crippen molar-refractivity contribution in [3.8, 4) is 18.1 Å². The third-order valence-electron chi connectivity index (χ3n) is 3.01. The Morgan fingerprint density at radius 3 is 2.70 bits per heavy atom. The van der Waals surface area contributed by atoms with E-state index in [1.165, 1.54) is 0 Å². The largest absolute Gasteiger partial charge is 0.481 e. The molecule has 106 valence electrons. The molecule has 0 aromatic heterocycles. The monoisotopic (exact) mass is 291 g/mol. The molecule has 0 heterocycles. The second-order valence-corrected chi connectivity index (χ2v) is 4.40. The van der Waals surface area contributed by atoms with Crippen molar-refractivity contribution in [3.63, 3.8) is 0 Å². The van der Waals surface area contributed by atoms with E-state index in [9.17, 15) is 0 Å². The molecule has 2 rings (SSSR count). The Kier molecular flexibility index (Phi) is 6.33. The Bertz CT molecular complexity index is 607. The van der Waals surface area contributed by atoms with Gasteiger partial charge < -0.3 is 15.6 Å². The molecule has 0 aliphatic rings. The average molecular weight is 292 g/mol. The lowest BCUT2D eigenvalue weighted by Gasteiger charge is -2.15. The van der Waals surface area contributed by atoms with Gasteiger partial charge in [-0.15, -0.1) is 18.8 Å². The minimum absolute atomic E-state index is 0. The highest BCUT2D eigenvalue weighted by Crippen LogP contribution is 2.29. The van der Waals surface area contributed by atoms with Crippen molar-refractivity contribution >= 4 is 23.2 Å². The third-order valence-corrected chi connectivity index (χ3v) is 3.01. The first-order valence-electron chi connectivity index (χ1n) is 6.19. The summed E-state index contributed by atoms with van der Waals surface area (Å²) in [6.07, 6.45) is 5.78. The van der Waals surface area contributed by atoms with Crippen LogP contribution in [-0.4, -0.2) is 24.4 Å². The Labute approximate surface area is 125 Å². The second-order valence-electron chi connectivity index (χ2n) is 4.40. The van der Waals surface area contributed by atoms with Crippen molar-refractivity contribution in [1.29, 1.82) is 0 Å². The van der Waals surface area contributed by atoms with Crippen LogP contribution in [0.2, 0.25) is 0 Å². The van der Waals surface area contributed by atoms with Crippen LogP contribution in [0.1, 0.15) is 5.56 Å². The van der Waals surface area contributed by atoms with E-state index in [0.717, 1.165) is 22.1 Å². The van der Waals surface area contributed by atoms with E-state index in [4.69, 9.17) is 22.0 Å². The van der Waals surface area contributed by atoms with Gasteiger partial charge in [0.2, 0.25) is 0 Å². The van der Waals surface area contributed by atoms with Gasteiger partial charge in [0, 0.05) is 11.6 Å². The zero-order valence-corrected chi connectivity index (χ0v) is 11.9. The molecule has 3 N–H and O–H groups in total.